The number of tetrazole rings is 1. The third-order valence-electron chi connectivity index (χ3n) is 5.86. The Morgan fingerprint density at radius 2 is 1.86 bits per heavy atom. The van der Waals surface area contributed by atoms with Gasteiger partial charge in [-0.15, -0.1) is 10.2 Å². The first-order valence-electron chi connectivity index (χ1n) is 10.4. The van der Waals surface area contributed by atoms with Crippen molar-refractivity contribution >= 4 is 23.2 Å². The molecule has 2 aromatic heterocycles. The van der Waals surface area contributed by atoms with Crippen molar-refractivity contribution in [1.29, 1.82) is 0 Å². The quantitative estimate of drug-likeness (QED) is 0.356. The van der Waals surface area contributed by atoms with Gasteiger partial charge in [0.25, 0.3) is 0 Å². The number of nitrogens with zero attached hydrogens (tertiary/aromatic N) is 4. The van der Waals surface area contributed by atoms with Gasteiger partial charge < -0.3 is 5.32 Å². The van der Waals surface area contributed by atoms with Crippen LogP contribution in [0.4, 0.5) is 23.2 Å². The zero-order valence-corrected chi connectivity index (χ0v) is 18.5. The van der Waals surface area contributed by atoms with Crippen molar-refractivity contribution in [2.75, 3.05) is 5.32 Å². The topological polar surface area (TPSA) is 96.5 Å². The largest absolute Gasteiger partial charge is 0.433 e. The van der Waals surface area contributed by atoms with Crippen molar-refractivity contribution in [3.8, 4) is 22.5 Å². The van der Waals surface area contributed by atoms with E-state index in [0.29, 0.717) is 35.2 Å². The molecule has 1 aliphatic rings. The van der Waals surface area contributed by atoms with E-state index in [4.69, 9.17) is 11.6 Å². The number of nitrogens with one attached hydrogen (secondary N) is 2. The Kier molecular flexibility index (Phi) is 5.51. The molecule has 1 fully saturated rings. The molecule has 0 spiro atoms. The Balaban J connectivity index is 1.48. The zero-order valence-electron chi connectivity index (χ0n) is 17.7. The van der Waals surface area contributed by atoms with Gasteiger partial charge in [-0.3, -0.25) is 9.78 Å². The minimum atomic E-state index is -4.56. The fourth-order valence-corrected chi connectivity index (χ4v) is 4.09. The number of rotatable bonds is 5. The summed E-state index contributed by atoms with van der Waals surface area (Å²) in [6, 6.07) is 11.1. The number of amides is 1. The maximum atomic E-state index is 14.5. The van der Waals surface area contributed by atoms with Crippen LogP contribution in [-0.4, -0.2) is 31.5 Å². The molecule has 0 aliphatic heterocycles. The van der Waals surface area contributed by atoms with Crippen LogP contribution < -0.4 is 5.32 Å². The molecular weight excluding hydrogens is 488 g/mol. The SMILES string of the molecule is O=C(Nc1ccc(-c2ccc(C(F)(F)F)nc2)c(-c2nn[nH]n2)c1)C1(c2ccc(Cl)cc2F)CC1. The Labute approximate surface area is 200 Å². The van der Waals surface area contributed by atoms with Crippen LogP contribution >= 0.6 is 11.6 Å². The molecule has 4 aromatic rings. The lowest BCUT2D eigenvalue weighted by atomic mass is 9.94. The summed E-state index contributed by atoms with van der Waals surface area (Å²) in [5.74, 6) is -0.773. The molecule has 5 rings (SSSR count). The van der Waals surface area contributed by atoms with Gasteiger partial charge in [0.2, 0.25) is 11.7 Å². The highest BCUT2D eigenvalue weighted by molar-refractivity contribution is 6.30. The summed E-state index contributed by atoms with van der Waals surface area (Å²) in [6.45, 7) is 0. The maximum Gasteiger partial charge on any atom is 0.433 e. The molecule has 1 amide bonds. The van der Waals surface area contributed by atoms with E-state index in [-0.39, 0.29) is 22.3 Å². The van der Waals surface area contributed by atoms with Crippen LogP contribution in [-0.2, 0) is 16.4 Å². The first-order valence-corrected chi connectivity index (χ1v) is 10.7. The van der Waals surface area contributed by atoms with E-state index in [0.717, 1.165) is 12.3 Å². The Bertz CT molecular complexity index is 1400. The van der Waals surface area contributed by atoms with Crippen molar-refractivity contribution in [3.05, 3.63) is 76.8 Å². The van der Waals surface area contributed by atoms with Gasteiger partial charge in [0.1, 0.15) is 11.5 Å². The summed E-state index contributed by atoms with van der Waals surface area (Å²) in [5, 5.41) is 16.8. The first-order chi connectivity index (χ1) is 16.7. The van der Waals surface area contributed by atoms with E-state index < -0.39 is 23.1 Å². The molecule has 0 atom stereocenters. The van der Waals surface area contributed by atoms with Crippen LogP contribution in [0.5, 0.6) is 0 Å². The summed E-state index contributed by atoms with van der Waals surface area (Å²) in [6.07, 6.45) is -2.51. The smallest absolute Gasteiger partial charge is 0.325 e. The van der Waals surface area contributed by atoms with Gasteiger partial charge in [0.15, 0.2) is 0 Å². The molecule has 7 nitrogen and oxygen atoms in total. The summed E-state index contributed by atoms with van der Waals surface area (Å²) >= 11 is 5.84. The predicted octanol–water partition coefficient (Wildman–Crippen LogP) is 5.41. The second kappa shape index (κ2) is 8.42. The number of anilines is 1. The molecule has 0 radical (unpaired) electrons. The number of carbonyl (C=O) groups excluding carboxylic acids is 1. The highest BCUT2D eigenvalue weighted by Gasteiger charge is 2.52. The average Bonchev–Trinajstić information content (AvgIpc) is 3.43. The fraction of sp³-hybridized carbons (Fsp3) is 0.174. The van der Waals surface area contributed by atoms with Crippen molar-refractivity contribution in [3.63, 3.8) is 0 Å². The van der Waals surface area contributed by atoms with Crippen molar-refractivity contribution in [2.24, 2.45) is 0 Å². The number of aromatic amines is 1. The van der Waals surface area contributed by atoms with Gasteiger partial charge in [-0.05, 0) is 54.0 Å². The zero-order chi connectivity index (χ0) is 24.8. The Morgan fingerprint density at radius 1 is 1.06 bits per heavy atom. The number of halogens is 5. The monoisotopic (exact) mass is 502 g/mol. The second-order valence-electron chi connectivity index (χ2n) is 8.09. The molecule has 35 heavy (non-hydrogen) atoms. The van der Waals surface area contributed by atoms with E-state index in [1.807, 2.05) is 0 Å². The van der Waals surface area contributed by atoms with Gasteiger partial charge in [0, 0.05) is 33.6 Å². The fourth-order valence-electron chi connectivity index (χ4n) is 3.93. The summed E-state index contributed by atoms with van der Waals surface area (Å²) < 4.78 is 53.2. The number of hydrogen-bond donors (Lipinski definition) is 2. The van der Waals surface area contributed by atoms with Crippen molar-refractivity contribution < 1.29 is 22.4 Å². The lowest BCUT2D eigenvalue weighted by molar-refractivity contribution is -0.141. The van der Waals surface area contributed by atoms with Crippen LogP contribution in [0, 0.1) is 5.82 Å². The van der Waals surface area contributed by atoms with E-state index >= 15 is 0 Å². The number of pyridine rings is 1. The van der Waals surface area contributed by atoms with Gasteiger partial charge in [-0.25, -0.2) is 4.39 Å². The van der Waals surface area contributed by atoms with E-state index in [1.165, 1.54) is 24.3 Å². The van der Waals surface area contributed by atoms with E-state index in [1.54, 1.807) is 18.2 Å². The lowest BCUT2D eigenvalue weighted by Crippen LogP contribution is -2.28. The van der Waals surface area contributed by atoms with Gasteiger partial charge in [-0.2, -0.15) is 18.4 Å². The Morgan fingerprint density at radius 3 is 2.46 bits per heavy atom. The number of benzene rings is 2. The van der Waals surface area contributed by atoms with Crippen molar-refractivity contribution in [1.82, 2.24) is 25.6 Å². The second-order valence-corrected chi connectivity index (χ2v) is 8.52. The summed E-state index contributed by atoms with van der Waals surface area (Å²) in [7, 11) is 0. The van der Waals surface area contributed by atoms with Gasteiger partial charge in [0.05, 0.1) is 5.41 Å². The molecule has 0 saturated heterocycles. The highest BCUT2D eigenvalue weighted by atomic mass is 35.5. The molecule has 2 N–H and O–H groups in total. The third-order valence-corrected chi connectivity index (χ3v) is 6.10. The average molecular weight is 503 g/mol. The molecule has 1 saturated carbocycles. The predicted molar refractivity (Wildman–Crippen MR) is 119 cm³/mol. The minimum absolute atomic E-state index is 0.167. The number of carbonyl (C=O) groups is 1. The molecular formula is C23H15ClF4N6O. The third kappa shape index (κ3) is 4.34. The van der Waals surface area contributed by atoms with Gasteiger partial charge >= 0.3 is 6.18 Å². The van der Waals surface area contributed by atoms with E-state index in [9.17, 15) is 22.4 Å². The summed E-state index contributed by atoms with van der Waals surface area (Å²) in [4.78, 5) is 16.6. The molecule has 2 heterocycles. The van der Waals surface area contributed by atoms with Gasteiger partial charge in [-0.1, -0.05) is 29.8 Å². The lowest BCUT2D eigenvalue weighted by Gasteiger charge is -2.18. The maximum absolute atomic E-state index is 14.5. The number of aromatic nitrogens is 5. The summed E-state index contributed by atoms with van der Waals surface area (Å²) in [5.41, 5.74) is -0.106. The van der Waals surface area contributed by atoms with Crippen LogP contribution in [0.25, 0.3) is 22.5 Å². The van der Waals surface area contributed by atoms with Crippen molar-refractivity contribution in [2.45, 2.75) is 24.4 Å². The molecule has 0 bridgehead atoms. The number of H-pyrrole nitrogens is 1. The van der Waals surface area contributed by atoms with Crippen LogP contribution in [0.15, 0.2) is 54.7 Å². The van der Waals surface area contributed by atoms with E-state index in [2.05, 4.69) is 30.9 Å². The molecule has 178 valence electrons. The minimum Gasteiger partial charge on any atom is -0.325 e. The molecule has 2 aromatic carbocycles. The normalized spacial score (nSPS) is 14.5. The number of hydrogen-bond acceptors (Lipinski definition) is 5. The standard InChI is InChI=1S/C23H15ClF4N6O/c24-13-2-5-17(18(25)9-13)22(7-8-22)21(35)30-14-3-4-15(16(10-14)20-31-33-34-32-20)12-1-6-19(29-11-12)23(26,27)28/h1-6,9-11H,7-8H2,(H,30,35)(H,31,32,33,34). The number of alkyl halides is 3. The molecule has 12 heteroatoms. The van der Waals surface area contributed by atoms with Crippen LogP contribution in [0.3, 0.4) is 0 Å². The first kappa shape index (κ1) is 22.9. The van der Waals surface area contributed by atoms with Crippen LogP contribution in [0.2, 0.25) is 5.02 Å². The van der Waals surface area contributed by atoms with Crippen LogP contribution in [0.1, 0.15) is 24.1 Å². The highest BCUT2D eigenvalue weighted by Crippen LogP contribution is 2.50. The molecule has 1 aliphatic carbocycles. The Hall–Kier alpha value is -3.86. The molecule has 0 unspecified atom stereocenters.